The third-order valence-corrected chi connectivity index (χ3v) is 1.95. The predicted molar refractivity (Wildman–Crippen MR) is 47.6 cm³/mol. The van der Waals surface area contributed by atoms with Gasteiger partial charge in [-0.2, -0.15) is 5.26 Å². The van der Waals surface area contributed by atoms with E-state index in [2.05, 4.69) is 11.1 Å². The standard InChI is InChI=1S/C10H8N2/c11-6-4-8-2-1-3-10-9(8)5-7-12-10/h1-3,5,7,12H,4H2. The fraction of sp³-hybridized carbons (Fsp3) is 0.100. The van der Waals surface area contributed by atoms with Crippen molar-refractivity contribution in [3.05, 3.63) is 36.0 Å². The van der Waals surface area contributed by atoms with Crippen molar-refractivity contribution >= 4 is 10.9 Å². The molecular formula is C10H8N2. The van der Waals surface area contributed by atoms with E-state index in [4.69, 9.17) is 5.26 Å². The molecule has 0 spiro atoms. The first kappa shape index (κ1) is 6.93. The van der Waals surface area contributed by atoms with Crippen LogP contribution in [-0.4, -0.2) is 4.98 Å². The van der Waals surface area contributed by atoms with Crippen molar-refractivity contribution in [3.8, 4) is 6.07 Å². The van der Waals surface area contributed by atoms with Gasteiger partial charge in [0.2, 0.25) is 0 Å². The van der Waals surface area contributed by atoms with Crippen molar-refractivity contribution in [1.29, 1.82) is 5.26 Å². The van der Waals surface area contributed by atoms with Crippen molar-refractivity contribution < 1.29 is 0 Å². The van der Waals surface area contributed by atoms with Gasteiger partial charge in [-0.05, 0) is 17.7 Å². The lowest BCUT2D eigenvalue weighted by Crippen LogP contribution is -1.81. The summed E-state index contributed by atoms with van der Waals surface area (Å²) >= 11 is 0. The number of H-pyrrole nitrogens is 1. The predicted octanol–water partition coefficient (Wildman–Crippen LogP) is 2.23. The highest BCUT2D eigenvalue weighted by Gasteiger charge is 1.99. The number of aromatic nitrogens is 1. The van der Waals surface area contributed by atoms with Crippen LogP contribution in [0.25, 0.3) is 10.9 Å². The number of hydrogen-bond donors (Lipinski definition) is 1. The Bertz CT molecular complexity index is 434. The lowest BCUT2D eigenvalue weighted by Gasteiger charge is -1.95. The second kappa shape index (κ2) is 2.71. The minimum Gasteiger partial charge on any atom is -0.361 e. The number of nitrogens with one attached hydrogen (secondary N) is 1. The summed E-state index contributed by atoms with van der Waals surface area (Å²) < 4.78 is 0. The van der Waals surface area contributed by atoms with Crippen molar-refractivity contribution in [2.24, 2.45) is 0 Å². The smallest absolute Gasteiger partial charge is 0.0669 e. The van der Waals surface area contributed by atoms with Crippen LogP contribution in [0.5, 0.6) is 0 Å². The van der Waals surface area contributed by atoms with E-state index in [0.29, 0.717) is 6.42 Å². The molecular weight excluding hydrogens is 148 g/mol. The first-order chi connectivity index (χ1) is 5.92. The van der Waals surface area contributed by atoms with Gasteiger partial charge in [0, 0.05) is 17.1 Å². The fourth-order valence-corrected chi connectivity index (χ4v) is 1.39. The molecule has 0 bridgehead atoms. The van der Waals surface area contributed by atoms with Gasteiger partial charge in [0.25, 0.3) is 0 Å². The van der Waals surface area contributed by atoms with Crippen molar-refractivity contribution in [2.75, 3.05) is 0 Å². The molecule has 0 unspecified atom stereocenters. The Labute approximate surface area is 70.4 Å². The maximum Gasteiger partial charge on any atom is 0.0669 e. The van der Waals surface area contributed by atoms with Gasteiger partial charge in [-0.15, -0.1) is 0 Å². The van der Waals surface area contributed by atoms with E-state index in [1.807, 2.05) is 30.5 Å². The second-order valence-electron chi connectivity index (χ2n) is 2.69. The lowest BCUT2D eigenvalue weighted by molar-refractivity contribution is 1.29. The molecule has 0 amide bonds. The minimum atomic E-state index is 0.481. The molecule has 2 heteroatoms. The zero-order valence-electron chi connectivity index (χ0n) is 6.54. The number of benzene rings is 1. The van der Waals surface area contributed by atoms with Crippen molar-refractivity contribution in [1.82, 2.24) is 4.98 Å². The quantitative estimate of drug-likeness (QED) is 0.675. The Morgan fingerprint density at radius 1 is 1.33 bits per heavy atom. The minimum absolute atomic E-state index is 0.481. The number of nitrogens with zero attached hydrogens (tertiary/aromatic N) is 1. The Morgan fingerprint density at radius 2 is 2.25 bits per heavy atom. The molecule has 2 nitrogen and oxygen atoms in total. The number of nitriles is 1. The van der Waals surface area contributed by atoms with Crippen LogP contribution >= 0.6 is 0 Å². The van der Waals surface area contributed by atoms with Gasteiger partial charge in [0.15, 0.2) is 0 Å². The maximum absolute atomic E-state index is 8.56. The van der Waals surface area contributed by atoms with E-state index in [9.17, 15) is 0 Å². The number of aromatic amines is 1. The number of hydrogen-bond acceptors (Lipinski definition) is 1. The Balaban J connectivity index is 2.67. The SMILES string of the molecule is N#CCc1cccc2[nH]ccc12. The Morgan fingerprint density at radius 3 is 3.08 bits per heavy atom. The van der Waals surface area contributed by atoms with Crippen LogP contribution in [0.1, 0.15) is 5.56 Å². The molecule has 0 aliphatic carbocycles. The zero-order valence-corrected chi connectivity index (χ0v) is 6.54. The highest BCUT2D eigenvalue weighted by atomic mass is 14.7. The molecule has 0 atom stereocenters. The van der Waals surface area contributed by atoms with Gasteiger partial charge in [-0.3, -0.25) is 0 Å². The molecule has 2 aromatic rings. The second-order valence-corrected chi connectivity index (χ2v) is 2.69. The van der Waals surface area contributed by atoms with E-state index >= 15 is 0 Å². The van der Waals surface area contributed by atoms with Crippen LogP contribution in [0.15, 0.2) is 30.5 Å². The molecule has 12 heavy (non-hydrogen) atoms. The third kappa shape index (κ3) is 0.960. The summed E-state index contributed by atoms with van der Waals surface area (Å²) in [5.74, 6) is 0. The largest absolute Gasteiger partial charge is 0.361 e. The van der Waals surface area contributed by atoms with E-state index in [-0.39, 0.29) is 0 Å². The molecule has 0 aliphatic heterocycles. The summed E-state index contributed by atoms with van der Waals surface area (Å²) in [4.78, 5) is 3.11. The Hall–Kier alpha value is -1.75. The molecule has 0 aliphatic rings. The van der Waals surface area contributed by atoms with Crippen LogP contribution in [0.4, 0.5) is 0 Å². The summed E-state index contributed by atoms with van der Waals surface area (Å²) in [5, 5.41) is 9.71. The van der Waals surface area contributed by atoms with Gasteiger partial charge >= 0.3 is 0 Å². The van der Waals surface area contributed by atoms with E-state index < -0.39 is 0 Å². The first-order valence-electron chi connectivity index (χ1n) is 3.84. The number of fused-ring (bicyclic) bond motifs is 1. The number of rotatable bonds is 1. The van der Waals surface area contributed by atoms with E-state index in [1.54, 1.807) is 0 Å². The lowest BCUT2D eigenvalue weighted by atomic mass is 10.1. The summed E-state index contributed by atoms with van der Waals surface area (Å²) in [7, 11) is 0. The molecule has 0 fully saturated rings. The molecule has 1 aromatic heterocycles. The summed E-state index contributed by atoms with van der Waals surface area (Å²) in [6.07, 6.45) is 2.38. The highest BCUT2D eigenvalue weighted by molar-refractivity contribution is 5.83. The fourth-order valence-electron chi connectivity index (χ4n) is 1.39. The normalized spacial score (nSPS) is 9.92. The van der Waals surface area contributed by atoms with E-state index in [0.717, 1.165) is 16.5 Å². The molecule has 58 valence electrons. The van der Waals surface area contributed by atoms with Crippen LogP contribution in [0, 0.1) is 11.3 Å². The molecule has 1 aromatic carbocycles. The molecule has 2 rings (SSSR count). The summed E-state index contributed by atoms with van der Waals surface area (Å²) in [5.41, 5.74) is 2.19. The molecule has 0 radical (unpaired) electrons. The summed E-state index contributed by atoms with van der Waals surface area (Å²) in [6, 6.07) is 10.1. The molecule has 1 N–H and O–H groups in total. The molecule has 0 saturated heterocycles. The van der Waals surface area contributed by atoms with Gasteiger partial charge in [-0.1, -0.05) is 12.1 Å². The van der Waals surface area contributed by atoms with Gasteiger partial charge < -0.3 is 4.98 Å². The first-order valence-corrected chi connectivity index (χ1v) is 3.84. The highest BCUT2D eigenvalue weighted by Crippen LogP contribution is 2.17. The average Bonchev–Trinajstić information content (AvgIpc) is 2.53. The van der Waals surface area contributed by atoms with Gasteiger partial charge in [0.1, 0.15) is 0 Å². The Kier molecular flexibility index (Phi) is 1.56. The van der Waals surface area contributed by atoms with Crippen LogP contribution in [0.3, 0.4) is 0 Å². The van der Waals surface area contributed by atoms with Crippen LogP contribution in [-0.2, 0) is 6.42 Å². The van der Waals surface area contributed by atoms with Crippen molar-refractivity contribution in [2.45, 2.75) is 6.42 Å². The van der Waals surface area contributed by atoms with Gasteiger partial charge in [0.05, 0.1) is 12.5 Å². The van der Waals surface area contributed by atoms with Crippen LogP contribution < -0.4 is 0 Å². The summed E-state index contributed by atoms with van der Waals surface area (Å²) in [6.45, 7) is 0. The molecule has 0 saturated carbocycles. The van der Waals surface area contributed by atoms with Crippen LogP contribution in [0.2, 0.25) is 0 Å². The average molecular weight is 156 g/mol. The monoisotopic (exact) mass is 156 g/mol. The van der Waals surface area contributed by atoms with Crippen molar-refractivity contribution in [3.63, 3.8) is 0 Å². The van der Waals surface area contributed by atoms with Gasteiger partial charge in [-0.25, -0.2) is 0 Å². The topological polar surface area (TPSA) is 39.6 Å². The molecule has 1 heterocycles. The maximum atomic E-state index is 8.56. The zero-order chi connectivity index (χ0) is 8.39. The third-order valence-electron chi connectivity index (χ3n) is 1.95. The van der Waals surface area contributed by atoms with E-state index in [1.165, 1.54) is 0 Å².